The van der Waals surface area contributed by atoms with Crippen molar-refractivity contribution >= 4 is 9.84 Å². The molecule has 0 spiro atoms. The zero-order valence-corrected chi connectivity index (χ0v) is 13.8. The van der Waals surface area contributed by atoms with Crippen LogP contribution in [0.5, 0.6) is 0 Å². The maximum Gasteiger partial charge on any atom is 0.150 e. The van der Waals surface area contributed by atoms with E-state index in [-0.39, 0.29) is 5.75 Å². The smallest absolute Gasteiger partial charge is 0.150 e. The highest BCUT2D eigenvalue weighted by Gasteiger charge is 2.31. The van der Waals surface area contributed by atoms with Crippen LogP contribution in [0.25, 0.3) is 0 Å². The third-order valence-corrected chi connectivity index (χ3v) is 6.57. The lowest BCUT2D eigenvalue weighted by Gasteiger charge is -2.38. The van der Waals surface area contributed by atoms with Crippen molar-refractivity contribution in [3.8, 4) is 0 Å². The van der Waals surface area contributed by atoms with Crippen LogP contribution >= 0.6 is 0 Å². The molecule has 19 heavy (non-hydrogen) atoms. The van der Waals surface area contributed by atoms with E-state index in [0.717, 1.165) is 24.8 Å². The van der Waals surface area contributed by atoms with E-state index in [2.05, 4.69) is 19.2 Å². The fraction of sp³-hybridized carbons (Fsp3) is 1.00. The van der Waals surface area contributed by atoms with Gasteiger partial charge in [0.05, 0.1) is 5.75 Å². The second kappa shape index (κ2) is 7.63. The van der Waals surface area contributed by atoms with Crippen molar-refractivity contribution in [2.45, 2.75) is 46.5 Å². The first-order chi connectivity index (χ1) is 8.89. The van der Waals surface area contributed by atoms with Crippen LogP contribution in [-0.2, 0) is 9.84 Å². The molecule has 4 heteroatoms. The van der Waals surface area contributed by atoms with Crippen LogP contribution in [0.15, 0.2) is 0 Å². The average molecular weight is 289 g/mol. The molecular formula is C15H31NO2S. The van der Waals surface area contributed by atoms with Crippen LogP contribution < -0.4 is 5.32 Å². The summed E-state index contributed by atoms with van der Waals surface area (Å²) >= 11 is 0. The molecule has 1 aliphatic rings. The summed E-state index contributed by atoms with van der Waals surface area (Å²) in [6.07, 6.45) is 4.62. The van der Waals surface area contributed by atoms with Gasteiger partial charge in [-0.2, -0.15) is 0 Å². The molecular weight excluding hydrogens is 258 g/mol. The summed E-state index contributed by atoms with van der Waals surface area (Å²) in [4.78, 5) is 0. The van der Waals surface area contributed by atoms with Crippen molar-refractivity contribution in [1.29, 1.82) is 0 Å². The Kier molecular flexibility index (Phi) is 6.81. The highest BCUT2D eigenvalue weighted by atomic mass is 32.2. The van der Waals surface area contributed by atoms with Gasteiger partial charge in [0.15, 0.2) is 0 Å². The second-order valence-electron chi connectivity index (χ2n) is 6.42. The fourth-order valence-electron chi connectivity index (χ4n) is 3.33. The summed E-state index contributed by atoms with van der Waals surface area (Å²) in [5, 5.41) is 3.27. The Morgan fingerprint density at radius 1 is 1.21 bits per heavy atom. The summed E-state index contributed by atoms with van der Waals surface area (Å²) in [5.74, 6) is 3.40. The lowest BCUT2D eigenvalue weighted by molar-refractivity contribution is 0.143. The van der Waals surface area contributed by atoms with Crippen LogP contribution in [0, 0.1) is 23.7 Å². The Hall–Kier alpha value is -0.0900. The third-order valence-electron chi connectivity index (χ3n) is 4.83. The van der Waals surface area contributed by atoms with E-state index >= 15 is 0 Å². The summed E-state index contributed by atoms with van der Waals surface area (Å²) in [6.45, 7) is 7.37. The first-order valence-electron chi connectivity index (χ1n) is 7.74. The van der Waals surface area contributed by atoms with E-state index in [9.17, 15) is 8.42 Å². The molecule has 0 bridgehead atoms. The van der Waals surface area contributed by atoms with Gasteiger partial charge in [0.25, 0.3) is 0 Å². The van der Waals surface area contributed by atoms with Crippen molar-refractivity contribution in [2.24, 2.45) is 23.7 Å². The molecule has 1 saturated carbocycles. The zero-order valence-electron chi connectivity index (χ0n) is 13.0. The van der Waals surface area contributed by atoms with Crippen molar-refractivity contribution in [3.05, 3.63) is 0 Å². The molecule has 1 N–H and O–H groups in total. The highest BCUT2D eigenvalue weighted by molar-refractivity contribution is 7.91. The predicted molar refractivity (Wildman–Crippen MR) is 82.0 cm³/mol. The molecule has 3 atom stereocenters. The number of hydrogen-bond acceptors (Lipinski definition) is 3. The topological polar surface area (TPSA) is 46.2 Å². The molecule has 1 fully saturated rings. The first-order valence-corrected chi connectivity index (χ1v) is 9.56. The van der Waals surface area contributed by atoms with Gasteiger partial charge < -0.3 is 5.32 Å². The van der Waals surface area contributed by atoms with E-state index in [1.807, 2.05) is 7.05 Å². The summed E-state index contributed by atoms with van der Waals surface area (Å²) in [6, 6.07) is 0. The average Bonchev–Trinajstić information content (AvgIpc) is 2.37. The Morgan fingerprint density at radius 2 is 1.89 bits per heavy atom. The van der Waals surface area contributed by atoms with Gasteiger partial charge in [-0.05, 0) is 62.9 Å². The normalized spacial score (nSPS) is 28.8. The Morgan fingerprint density at radius 3 is 2.42 bits per heavy atom. The van der Waals surface area contributed by atoms with Crippen LogP contribution in [0.1, 0.15) is 46.5 Å². The molecule has 3 nitrogen and oxygen atoms in total. The minimum absolute atomic E-state index is 0.282. The van der Waals surface area contributed by atoms with Crippen molar-refractivity contribution in [1.82, 2.24) is 5.32 Å². The highest BCUT2D eigenvalue weighted by Crippen LogP contribution is 2.39. The molecule has 0 saturated heterocycles. The van der Waals surface area contributed by atoms with Crippen molar-refractivity contribution in [3.63, 3.8) is 0 Å². The molecule has 1 aliphatic carbocycles. The van der Waals surface area contributed by atoms with E-state index in [4.69, 9.17) is 0 Å². The molecule has 0 radical (unpaired) electrons. The predicted octanol–water partition coefficient (Wildman–Crippen LogP) is 2.72. The molecule has 0 amide bonds. The van der Waals surface area contributed by atoms with Crippen LogP contribution in [0.4, 0.5) is 0 Å². The summed E-state index contributed by atoms with van der Waals surface area (Å²) in [5.41, 5.74) is 0. The SMILES string of the molecule is CCS(=O)(=O)CCC1CC(C(C)C)CCC1CNC. The van der Waals surface area contributed by atoms with Gasteiger partial charge in [-0.3, -0.25) is 0 Å². The lowest BCUT2D eigenvalue weighted by atomic mass is 9.69. The fourth-order valence-corrected chi connectivity index (χ4v) is 4.28. The van der Waals surface area contributed by atoms with E-state index in [0.29, 0.717) is 17.6 Å². The van der Waals surface area contributed by atoms with E-state index in [1.54, 1.807) is 6.92 Å². The maximum atomic E-state index is 11.7. The number of sulfone groups is 1. The maximum absolute atomic E-state index is 11.7. The van der Waals surface area contributed by atoms with Crippen molar-refractivity contribution < 1.29 is 8.42 Å². The van der Waals surface area contributed by atoms with Gasteiger partial charge in [-0.1, -0.05) is 20.8 Å². The largest absolute Gasteiger partial charge is 0.319 e. The second-order valence-corrected chi connectivity index (χ2v) is 8.89. The zero-order chi connectivity index (χ0) is 14.5. The molecule has 0 aliphatic heterocycles. The molecule has 0 aromatic carbocycles. The molecule has 0 heterocycles. The van der Waals surface area contributed by atoms with Crippen LogP contribution in [-0.4, -0.2) is 33.5 Å². The number of nitrogens with one attached hydrogen (secondary N) is 1. The third kappa shape index (κ3) is 5.42. The minimum atomic E-state index is -2.82. The molecule has 0 aromatic rings. The van der Waals surface area contributed by atoms with Crippen LogP contribution in [0.3, 0.4) is 0 Å². The summed E-state index contributed by atoms with van der Waals surface area (Å²) in [7, 11) is -0.821. The molecule has 3 unspecified atom stereocenters. The Bertz CT molecular complexity index is 351. The van der Waals surface area contributed by atoms with Crippen LogP contribution in [0.2, 0.25) is 0 Å². The van der Waals surface area contributed by atoms with E-state index < -0.39 is 9.84 Å². The Balaban J connectivity index is 2.61. The molecule has 1 rings (SSSR count). The Labute approximate surface area is 119 Å². The first kappa shape index (κ1) is 17.0. The van der Waals surface area contributed by atoms with Crippen molar-refractivity contribution in [2.75, 3.05) is 25.1 Å². The van der Waals surface area contributed by atoms with Gasteiger partial charge >= 0.3 is 0 Å². The van der Waals surface area contributed by atoms with Gasteiger partial charge in [-0.15, -0.1) is 0 Å². The van der Waals surface area contributed by atoms with Gasteiger partial charge in [0, 0.05) is 5.75 Å². The number of rotatable bonds is 7. The minimum Gasteiger partial charge on any atom is -0.319 e. The van der Waals surface area contributed by atoms with Gasteiger partial charge in [0.1, 0.15) is 9.84 Å². The van der Waals surface area contributed by atoms with Gasteiger partial charge in [-0.25, -0.2) is 8.42 Å². The quantitative estimate of drug-likeness (QED) is 0.784. The molecule has 0 aromatic heterocycles. The standard InChI is InChI=1S/C15H31NO2S/c1-5-19(17,18)9-8-14-10-13(12(2)3)6-7-15(14)11-16-4/h12-16H,5-11H2,1-4H3. The molecule has 114 valence electrons. The monoisotopic (exact) mass is 289 g/mol. The van der Waals surface area contributed by atoms with Gasteiger partial charge in [0.2, 0.25) is 0 Å². The van der Waals surface area contributed by atoms with E-state index in [1.165, 1.54) is 19.3 Å². The summed E-state index contributed by atoms with van der Waals surface area (Å²) < 4.78 is 23.4. The lowest BCUT2D eigenvalue weighted by Crippen LogP contribution is -2.34. The number of hydrogen-bond donors (Lipinski definition) is 1.